The second kappa shape index (κ2) is 3.74. The second-order valence-corrected chi connectivity index (χ2v) is 3.96. The normalized spacial score (nSPS) is 39.4. The fourth-order valence-corrected chi connectivity index (χ4v) is 1.46. The Labute approximate surface area is 87.6 Å². The summed E-state index contributed by atoms with van der Waals surface area (Å²) < 4.78 is 10.5. The van der Waals surface area contributed by atoms with Gasteiger partial charge in [0.1, 0.15) is 12.2 Å². The van der Waals surface area contributed by atoms with Crippen LogP contribution in [-0.4, -0.2) is 30.3 Å². The van der Waals surface area contributed by atoms with Gasteiger partial charge in [-0.2, -0.15) is 5.26 Å². The minimum absolute atomic E-state index is 0.189. The third-order valence-corrected chi connectivity index (χ3v) is 2.61. The molecule has 0 aromatic rings. The highest BCUT2D eigenvalue weighted by Crippen LogP contribution is 2.28. The van der Waals surface area contributed by atoms with Crippen molar-refractivity contribution in [1.82, 2.24) is 0 Å². The largest absolute Gasteiger partial charge is 0.371 e. The van der Waals surface area contributed by atoms with Crippen LogP contribution in [0.4, 0.5) is 0 Å². The Morgan fingerprint density at radius 2 is 2.43 bits per heavy atom. The molecule has 0 bridgehead atoms. The first-order valence-corrected chi connectivity index (χ1v) is 4.82. The molecule has 1 aliphatic carbocycles. The molecule has 3 unspecified atom stereocenters. The van der Waals surface area contributed by atoms with Gasteiger partial charge in [0.05, 0.1) is 19.3 Å². The van der Waals surface area contributed by atoms with E-state index in [9.17, 15) is 0 Å². The van der Waals surface area contributed by atoms with Gasteiger partial charge >= 0.3 is 0 Å². The predicted molar refractivity (Wildman–Crippen MR) is 52.0 cm³/mol. The van der Waals surface area contributed by atoms with Gasteiger partial charge in [0, 0.05) is 0 Å². The summed E-state index contributed by atoms with van der Waals surface area (Å²) in [5.74, 6) is 0. The lowest BCUT2D eigenvalue weighted by molar-refractivity contribution is 0.0644. The highest BCUT2D eigenvalue weighted by molar-refractivity contribution is 6.28. The maximum absolute atomic E-state index is 8.92. The van der Waals surface area contributed by atoms with Crippen LogP contribution in [0, 0.1) is 11.3 Å². The zero-order valence-electron chi connectivity index (χ0n) is 7.52. The van der Waals surface area contributed by atoms with Crippen LogP contribution in [0.3, 0.4) is 0 Å². The van der Waals surface area contributed by atoms with E-state index in [1.165, 1.54) is 0 Å². The summed E-state index contributed by atoms with van der Waals surface area (Å²) in [5.41, 5.74) is 0. The van der Waals surface area contributed by atoms with Crippen LogP contribution in [0.15, 0.2) is 24.3 Å². The van der Waals surface area contributed by atoms with E-state index >= 15 is 0 Å². The first-order chi connectivity index (χ1) is 6.74. The zero-order valence-corrected chi connectivity index (χ0v) is 8.28. The van der Waals surface area contributed by atoms with Crippen LogP contribution in [0.1, 0.15) is 0 Å². The molecule has 3 nitrogen and oxygen atoms in total. The van der Waals surface area contributed by atoms with Gasteiger partial charge in [-0.3, -0.25) is 0 Å². The van der Waals surface area contributed by atoms with Gasteiger partial charge in [0.15, 0.2) is 4.87 Å². The van der Waals surface area contributed by atoms with Crippen LogP contribution in [0.2, 0.25) is 0 Å². The lowest BCUT2D eigenvalue weighted by Crippen LogP contribution is -2.36. The number of epoxide rings is 1. The van der Waals surface area contributed by atoms with Gasteiger partial charge < -0.3 is 9.47 Å². The van der Waals surface area contributed by atoms with Crippen molar-refractivity contribution in [2.75, 3.05) is 13.2 Å². The molecule has 1 saturated heterocycles. The Balaban J connectivity index is 1.97. The van der Waals surface area contributed by atoms with Gasteiger partial charge in [-0.1, -0.05) is 29.8 Å². The number of nitrogens with zero attached hydrogens (tertiary/aromatic N) is 1. The van der Waals surface area contributed by atoms with Gasteiger partial charge in [-0.25, -0.2) is 0 Å². The molecule has 0 aromatic carbocycles. The van der Waals surface area contributed by atoms with E-state index < -0.39 is 4.87 Å². The molecule has 0 N–H and O–H groups in total. The number of ether oxygens (including phenoxy) is 2. The van der Waals surface area contributed by atoms with Crippen molar-refractivity contribution in [2.24, 2.45) is 0 Å². The van der Waals surface area contributed by atoms with Crippen molar-refractivity contribution in [2.45, 2.75) is 17.1 Å². The number of hydrogen-bond acceptors (Lipinski definition) is 3. The van der Waals surface area contributed by atoms with E-state index in [1.807, 2.05) is 12.1 Å². The Kier molecular flexibility index (Phi) is 2.60. The van der Waals surface area contributed by atoms with Gasteiger partial charge in [0.2, 0.25) is 0 Å². The van der Waals surface area contributed by atoms with E-state index in [4.69, 9.17) is 26.3 Å². The Morgan fingerprint density at radius 1 is 1.64 bits per heavy atom. The molecule has 0 amide bonds. The summed E-state index contributed by atoms with van der Waals surface area (Å²) in [6.07, 6.45) is 6.82. The van der Waals surface area contributed by atoms with Crippen LogP contribution in [-0.2, 0) is 9.47 Å². The van der Waals surface area contributed by atoms with Crippen molar-refractivity contribution in [3.8, 4) is 6.07 Å². The maximum Gasteiger partial charge on any atom is 0.178 e. The summed E-state index contributed by atoms with van der Waals surface area (Å²) in [6.45, 7) is 1.24. The molecule has 1 fully saturated rings. The lowest BCUT2D eigenvalue weighted by Gasteiger charge is -2.25. The van der Waals surface area contributed by atoms with E-state index in [1.54, 1.807) is 18.2 Å². The highest BCUT2D eigenvalue weighted by Gasteiger charge is 2.36. The molecule has 1 aliphatic heterocycles. The fourth-order valence-electron chi connectivity index (χ4n) is 1.25. The van der Waals surface area contributed by atoms with Crippen molar-refractivity contribution < 1.29 is 9.47 Å². The molecule has 14 heavy (non-hydrogen) atoms. The summed E-state index contributed by atoms with van der Waals surface area (Å²) in [4.78, 5) is -1.07. The minimum Gasteiger partial charge on any atom is -0.371 e. The monoisotopic (exact) mass is 211 g/mol. The van der Waals surface area contributed by atoms with Crippen molar-refractivity contribution in [3.05, 3.63) is 24.3 Å². The Morgan fingerprint density at radius 3 is 3.07 bits per heavy atom. The quantitative estimate of drug-likeness (QED) is 0.524. The number of hydrogen-bond donors (Lipinski definition) is 0. The average molecular weight is 212 g/mol. The Hall–Kier alpha value is -0.820. The Bertz CT molecular complexity index is 317. The number of alkyl halides is 1. The van der Waals surface area contributed by atoms with Gasteiger partial charge in [-0.05, 0) is 6.08 Å². The maximum atomic E-state index is 8.92. The number of nitriles is 1. The standard InChI is InChI=1S/C10H10ClNO2/c11-10(7-12)4-2-1-3-9(10)14-6-8-5-13-8/h1-4,8-9H,5-6H2. The second-order valence-electron chi connectivity index (χ2n) is 3.33. The predicted octanol–water partition coefficient (Wildman–Crippen LogP) is 1.40. The summed E-state index contributed by atoms with van der Waals surface area (Å²) >= 11 is 6.06. The minimum atomic E-state index is -1.07. The first kappa shape index (κ1) is 9.72. The number of rotatable bonds is 3. The van der Waals surface area contributed by atoms with Crippen LogP contribution < -0.4 is 0 Å². The van der Waals surface area contributed by atoms with Gasteiger partial charge in [-0.15, -0.1) is 0 Å². The van der Waals surface area contributed by atoms with E-state index in [-0.39, 0.29) is 12.2 Å². The van der Waals surface area contributed by atoms with Crippen molar-refractivity contribution in [1.29, 1.82) is 5.26 Å². The molecule has 3 atom stereocenters. The lowest BCUT2D eigenvalue weighted by atomic mass is 9.98. The molecule has 4 heteroatoms. The molecular weight excluding hydrogens is 202 g/mol. The van der Waals surface area contributed by atoms with Gasteiger partial charge in [0.25, 0.3) is 0 Å². The first-order valence-electron chi connectivity index (χ1n) is 4.44. The van der Waals surface area contributed by atoms with Crippen LogP contribution in [0.25, 0.3) is 0 Å². The summed E-state index contributed by atoms with van der Waals surface area (Å²) in [5, 5.41) is 8.92. The summed E-state index contributed by atoms with van der Waals surface area (Å²) in [6, 6.07) is 2.04. The fraction of sp³-hybridized carbons (Fsp3) is 0.500. The van der Waals surface area contributed by atoms with Crippen molar-refractivity contribution >= 4 is 11.6 Å². The molecule has 2 rings (SSSR count). The average Bonchev–Trinajstić information content (AvgIpc) is 3.00. The molecule has 0 radical (unpaired) electrons. The third kappa shape index (κ3) is 1.98. The molecule has 0 spiro atoms. The number of allylic oxidation sites excluding steroid dienone is 2. The molecule has 1 heterocycles. The molecule has 2 aliphatic rings. The molecule has 0 aromatic heterocycles. The third-order valence-electron chi connectivity index (χ3n) is 2.19. The van der Waals surface area contributed by atoms with Crippen molar-refractivity contribution in [3.63, 3.8) is 0 Å². The highest BCUT2D eigenvalue weighted by atomic mass is 35.5. The molecular formula is C10H10ClNO2. The smallest absolute Gasteiger partial charge is 0.178 e. The molecule has 0 saturated carbocycles. The topological polar surface area (TPSA) is 45.5 Å². The number of halogens is 1. The zero-order chi connectivity index (χ0) is 10.0. The van der Waals surface area contributed by atoms with E-state index in [0.717, 1.165) is 6.61 Å². The molecule has 74 valence electrons. The van der Waals surface area contributed by atoms with Crippen LogP contribution >= 0.6 is 11.6 Å². The SMILES string of the molecule is N#CC1(Cl)C=CC=CC1OCC1CO1. The van der Waals surface area contributed by atoms with E-state index in [2.05, 4.69) is 0 Å². The van der Waals surface area contributed by atoms with E-state index in [0.29, 0.717) is 6.61 Å². The van der Waals surface area contributed by atoms with Crippen LogP contribution in [0.5, 0.6) is 0 Å². The summed E-state index contributed by atoms with van der Waals surface area (Å²) in [7, 11) is 0.